The van der Waals surface area contributed by atoms with Crippen LogP contribution in [0.3, 0.4) is 0 Å². The number of hydrogen-bond donors (Lipinski definition) is 1. The van der Waals surface area contributed by atoms with Crippen LogP contribution in [0.15, 0.2) is 48.5 Å². The third kappa shape index (κ3) is 4.21. The van der Waals surface area contributed by atoms with Crippen molar-refractivity contribution in [2.24, 2.45) is 0 Å². The first-order chi connectivity index (χ1) is 13.8. The van der Waals surface area contributed by atoms with Gasteiger partial charge in [0.05, 0.1) is 17.1 Å². The van der Waals surface area contributed by atoms with Gasteiger partial charge in [-0.1, -0.05) is 36.4 Å². The van der Waals surface area contributed by atoms with Crippen molar-refractivity contribution in [3.05, 3.63) is 76.6 Å². The van der Waals surface area contributed by atoms with Crippen LogP contribution < -0.4 is 5.32 Å². The molecular formula is C23H25N3O3. The smallest absolute Gasteiger partial charge is 0.342 e. The first-order valence-electron chi connectivity index (χ1n) is 9.49. The van der Waals surface area contributed by atoms with Gasteiger partial charge >= 0.3 is 5.97 Å². The molecule has 3 rings (SSSR count). The van der Waals surface area contributed by atoms with Gasteiger partial charge in [0, 0.05) is 5.69 Å². The minimum Gasteiger partial charge on any atom is -0.449 e. The van der Waals surface area contributed by atoms with Crippen LogP contribution in [0.1, 0.15) is 39.8 Å². The number of aryl methyl sites for hydroxylation is 3. The molecule has 1 heterocycles. The molecule has 0 aliphatic rings. The maximum atomic E-state index is 12.8. The lowest BCUT2D eigenvalue weighted by atomic mass is 10.1. The molecule has 0 unspecified atom stereocenters. The molecule has 0 spiro atoms. The summed E-state index contributed by atoms with van der Waals surface area (Å²) in [6.07, 6.45) is -0.944. The summed E-state index contributed by atoms with van der Waals surface area (Å²) < 4.78 is 7.16. The zero-order chi connectivity index (χ0) is 21.1. The summed E-state index contributed by atoms with van der Waals surface area (Å²) in [5, 5.41) is 7.32. The van der Waals surface area contributed by atoms with Crippen LogP contribution in [0.25, 0.3) is 5.69 Å². The number of carbonyl (C=O) groups is 2. The average Bonchev–Trinajstić information content (AvgIpc) is 2.99. The van der Waals surface area contributed by atoms with Gasteiger partial charge in [-0.25, -0.2) is 9.48 Å². The molecule has 1 atom stereocenters. The van der Waals surface area contributed by atoms with Crippen molar-refractivity contribution >= 4 is 17.6 Å². The highest BCUT2D eigenvalue weighted by Gasteiger charge is 2.25. The number of carbonyl (C=O) groups excluding carboxylic acids is 2. The lowest BCUT2D eigenvalue weighted by molar-refractivity contribution is -0.123. The molecule has 29 heavy (non-hydrogen) atoms. The molecule has 0 aliphatic carbocycles. The Kier molecular flexibility index (Phi) is 5.82. The van der Waals surface area contributed by atoms with Gasteiger partial charge in [0.15, 0.2) is 6.10 Å². The molecule has 0 radical (unpaired) electrons. The number of para-hydroxylation sites is 2. The molecule has 3 aromatic rings. The summed E-state index contributed by atoms with van der Waals surface area (Å²) in [6, 6.07) is 15.3. The number of amides is 1. The number of esters is 1. The number of nitrogens with one attached hydrogen (secondary N) is 1. The van der Waals surface area contributed by atoms with E-state index in [1.54, 1.807) is 18.5 Å². The van der Waals surface area contributed by atoms with Crippen LogP contribution in [-0.2, 0) is 9.53 Å². The molecule has 1 amide bonds. The van der Waals surface area contributed by atoms with Gasteiger partial charge in [0.1, 0.15) is 5.56 Å². The number of rotatable bonds is 5. The summed E-state index contributed by atoms with van der Waals surface area (Å²) in [4.78, 5) is 25.3. The van der Waals surface area contributed by atoms with E-state index in [9.17, 15) is 9.59 Å². The van der Waals surface area contributed by atoms with Crippen LogP contribution >= 0.6 is 0 Å². The molecule has 1 N–H and O–H groups in total. The largest absolute Gasteiger partial charge is 0.449 e. The van der Waals surface area contributed by atoms with E-state index in [2.05, 4.69) is 10.4 Å². The summed E-state index contributed by atoms with van der Waals surface area (Å²) in [5.41, 5.74) is 5.10. The molecule has 0 saturated carbocycles. The number of nitrogens with zero attached hydrogens (tertiary/aromatic N) is 2. The Morgan fingerprint density at radius 3 is 2.21 bits per heavy atom. The predicted octanol–water partition coefficient (Wildman–Crippen LogP) is 4.29. The monoisotopic (exact) mass is 391 g/mol. The number of anilines is 1. The van der Waals surface area contributed by atoms with E-state index in [4.69, 9.17) is 4.74 Å². The highest BCUT2D eigenvalue weighted by atomic mass is 16.5. The Morgan fingerprint density at radius 2 is 1.59 bits per heavy atom. The summed E-state index contributed by atoms with van der Waals surface area (Å²) in [6.45, 7) is 8.97. The Hall–Kier alpha value is -3.41. The first kappa shape index (κ1) is 20.3. The fraction of sp³-hybridized carbons (Fsp3) is 0.261. The van der Waals surface area contributed by atoms with Crippen molar-refractivity contribution in [2.45, 2.75) is 40.7 Å². The predicted molar refractivity (Wildman–Crippen MR) is 112 cm³/mol. The third-order valence-corrected chi connectivity index (χ3v) is 4.88. The van der Waals surface area contributed by atoms with E-state index in [0.29, 0.717) is 17.0 Å². The topological polar surface area (TPSA) is 73.2 Å². The van der Waals surface area contributed by atoms with Crippen molar-refractivity contribution in [3.8, 4) is 5.69 Å². The number of benzene rings is 2. The quantitative estimate of drug-likeness (QED) is 0.659. The van der Waals surface area contributed by atoms with Crippen molar-refractivity contribution in [3.63, 3.8) is 0 Å². The summed E-state index contributed by atoms with van der Waals surface area (Å²) in [5.74, 6) is -0.937. The number of ether oxygens (including phenoxy) is 1. The molecule has 150 valence electrons. The standard InChI is InChI=1S/C23H25N3O3/c1-14-10-9-11-15(2)21(14)24-22(27)18(5)29-23(28)20-16(3)25-26(17(20)4)19-12-7-6-8-13-19/h6-13,18H,1-5H3,(H,24,27)/t18-/m0/s1. The summed E-state index contributed by atoms with van der Waals surface area (Å²) >= 11 is 0. The van der Waals surface area contributed by atoms with Crippen LogP contribution in [0.5, 0.6) is 0 Å². The molecule has 1 aromatic heterocycles. The van der Waals surface area contributed by atoms with Crippen molar-refractivity contribution in [1.29, 1.82) is 0 Å². The van der Waals surface area contributed by atoms with Gasteiger partial charge in [0.25, 0.3) is 5.91 Å². The highest BCUT2D eigenvalue weighted by Crippen LogP contribution is 2.21. The van der Waals surface area contributed by atoms with E-state index in [-0.39, 0.29) is 5.91 Å². The molecule has 0 aliphatic heterocycles. The van der Waals surface area contributed by atoms with Gasteiger partial charge in [-0.2, -0.15) is 5.10 Å². The lowest BCUT2D eigenvalue weighted by Crippen LogP contribution is -2.30. The summed E-state index contributed by atoms with van der Waals surface area (Å²) in [7, 11) is 0. The zero-order valence-electron chi connectivity index (χ0n) is 17.3. The van der Waals surface area contributed by atoms with Gasteiger partial charge in [-0.3, -0.25) is 4.79 Å². The van der Waals surface area contributed by atoms with Crippen molar-refractivity contribution in [2.75, 3.05) is 5.32 Å². The van der Waals surface area contributed by atoms with E-state index in [1.165, 1.54) is 0 Å². The maximum absolute atomic E-state index is 12.8. The normalized spacial score (nSPS) is 11.8. The van der Waals surface area contributed by atoms with E-state index in [0.717, 1.165) is 22.5 Å². The highest BCUT2D eigenvalue weighted by molar-refractivity contribution is 5.98. The van der Waals surface area contributed by atoms with Crippen LogP contribution in [0, 0.1) is 27.7 Å². The van der Waals surface area contributed by atoms with Crippen LogP contribution in [-0.4, -0.2) is 27.8 Å². The van der Waals surface area contributed by atoms with Gasteiger partial charge in [-0.05, 0) is 57.9 Å². The zero-order valence-corrected chi connectivity index (χ0v) is 17.3. The first-order valence-corrected chi connectivity index (χ1v) is 9.49. The second-order valence-electron chi connectivity index (χ2n) is 7.10. The SMILES string of the molecule is Cc1cccc(C)c1NC(=O)[C@H](C)OC(=O)c1c(C)nn(-c2ccccc2)c1C. The third-order valence-electron chi connectivity index (χ3n) is 4.88. The average molecular weight is 391 g/mol. The molecule has 6 heteroatoms. The lowest BCUT2D eigenvalue weighted by Gasteiger charge is -2.16. The second kappa shape index (κ2) is 8.31. The Balaban J connectivity index is 1.76. The Labute approximate surface area is 170 Å². The Morgan fingerprint density at radius 1 is 0.966 bits per heavy atom. The minimum atomic E-state index is -0.944. The van der Waals surface area contributed by atoms with Gasteiger partial charge < -0.3 is 10.1 Å². The van der Waals surface area contributed by atoms with Gasteiger partial charge in [0.2, 0.25) is 0 Å². The minimum absolute atomic E-state index is 0.374. The number of hydrogen-bond acceptors (Lipinski definition) is 4. The maximum Gasteiger partial charge on any atom is 0.342 e. The van der Waals surface area contributed by atoms with E-state index in [1.807, 2.05) is 69.3 Å². The van der Waals surface area contributed by atoms with Crippen LogP contribution in [0.4, 0.5) is 5.69 Å². The molecule has 0 saturated heterocycles. The fourth-order valence-corrected chi connectivity index (χ4v) is 3.27. The molecule has 0 fully saturated rings. The molecular weight excluding hydrogens is 366 g/mol. The molecule has 2 aromatic carbocycles. The van der Waals surface area contributed by atoms with Crippen molar-refractivity contribution < 1.29 is 14.3 Å². The van der Waals surface area contributed by atoms with E-state index < -0.39 is 12.1 Å². The van der Waals surface area contributed by atoms with Crippen molar-refractivity contribution in [1.82, 2.24) is 9.78 Å². The second-order valence-corrected chi connectivity index (χ2v) is 7.10. The van der Waals surface area contributed by atoms with Gasteiger partial charge in [-0.15, -0.1) is 0 Å². The Bertz CT molecular complexity index is 1030. The molecule has 0 bridgehead atoms. The van der Waals surface area contributed by atoms with E-state index >= 15 is 0 Å². The van der Waals surface area contributed by atoms with Crippen LogP contribution in [0.2, 0.25) is 0 Å². The molecule has 6 nitrogen and oxygen atoms in total. The number of aromatic nitrogens is 2. The fourth-order valence-electron chi connectivity index (χ4n) is 3.27.